The average Bonchev–Trinajstić information content (AvgIpc) is 2.57. The van der Waals surface area contributed by atoms with E-state index in [4.69, 9.17) is 4.74 Å². The SMILES string of the molecule is CCOc1cc(/C=N\NC(=O)CSc2ncccn2)ccc1O. The summed E-state index contributed by atoms with van der Waals surface area (Å²) in [6, 6.07) is 6.53. The minimum absolute atomic E-state index is 0.0623. The number of rotatable bonds is 7. The van der Waals surface area contributed by atoms with Crippen molar-refractivity contribution in [1.29, 1.82) is 0 Å². The molecule has 0 saturated heterocycles. The van der Waals surface area contributed by atoms with Crippen molar-refractivity contribution in [2.45, 2.75) is 12.1 Å². The van der Waals surface area contributed by atoms with E-state index in [1.54, 1.807) is 30.6 Å². The Morgan fingerprint density at radius 2 is 2.22 bits per heavy atom. The molecular formula is C15H16N4O3S. The number of ether oxygens (including phenoxy) is 1. The van der Waals surface area contributed by atoms with Gasteiger partial charge in [-0.25, -0.2) is 15.4 Å². The molecule has 0 atom stereocenters. The fourth-order valence-electron chi connectivity index (χ4n) is 1.58. The molecule has 0 fully saturated rings. The molecule has 1 aromatic carbocycles. The molecule has 0 saturated carbocycles. The van der Waals surface area contributed by atoms with Crippen molar-refractivity contribution in [1.82, 2.24) is 15.4 Å². The fourth-order valence-corrected chi connectivity index (χ4v) is 2.18. The van der Waals surface area contributed by atoms with E-state index in [9.17, 15) is 9.90 Å². The molecule has 0 radical (unpaired) electrons. The highest BCUT2D eigenvalue weighted by Gasteiger charge is 2.04. The van der Waals surface area contributed by atoms with E-state index in [0.717, 1.165) is 0 Å². The lowest BCUT2D eigenvalue weighted by molar-refractivity contribution is -0.118. The van der Waals surface area contributed by atoms with E-state index >= 15 is 0 Å². The van der Waals surface area contributed by atoms with Crippen LogP contribution in [-0.2, 0) is 4.79 Å². The highest BCUT2D eigenvalue weighted by Crippen LogP contribution is 2.26. The van der Waals surface area contributed by atoms with Crippen molar-refractivity contribution in [3.8, 4) is 11.5 Å². The zero-order valence-corrected chi connectivity index (χ0v) is 13.3. The van der Waals surface area contributed by atoms with Crippen molar-refractivity contribution >= 4 is 23.9 Å². The van der Waals surface area contributed by atoms with Crippen molar-refractivity contribution in [2.75, 3.05) is 12.4 Å². The van der Waals surface area contributed by atoms with Gasteiger partial charge in [0.05, 0.1) is 18.6 Å². The maximum Gasteiger partial charge on any atom is 0.250 e. The highest BCUT2D eigenvalue weighted by atomic mass is 32.2. The maximum atomic E-state index is 11.7. The number of amides is 1. The minimum atomic E-state index is -0.262. The van der Waals surface area contributed by atoms with Crippen LogP contribution in [0.5, 0.6) is 11.5 Å². The van der Waals surface area contributed by atoms with Crippen molar-refractivity contribution in [3.63, 3.8) is 0 Å². The Labute approximate surface area is 137 Å². The molecule has 0 aliphatic rings. The van der Waals surface area contributed by atoms with E-state index in [1.165, 1.54) is 24.0 Å². The number of hydrogen-bond acceptors (Lipinski definition) is 7. The zero-order chi connectivity index (χ0) is 16.5. The molecule has 2 N–H and O–H groups in total. The second kappa shape index (κ2) is 8.74. The Morgan fingerprint density at radius 3 is 2.96 bits per heavy atom. The van der Waals surface area contributed by atoms with Gasteiger partial charge >= 0.3 is 0 Å². The number of aromatic nitrogens is 2. The molecule has 23 heavy (non-hydrogen) atoms. The van der Waals surface area contributed by atoms with Crippen LogP contribution >= 0.6 is 11.8 Å². The lowest BCUT2D eigenvalue weighted by Crippen LogP contribution is -2.19. The Morgan fingerprint density at radius 1 is 1.43 bits per heavy atom. The van der Waals surface area contributed by atoms with Gasteiger partial charge in [0.1, 0.15) is 0 Å². The van der Waals surface area contributed by atoms with Crippen LogP contribution in [0.15, 0.2) is 46.9 Å². The third-order valence-corrected chi connectivity index (χ3v) is 3.44. The molecule has 1 aromatic heterocycles. The van der Waals surface area contributed by atoms with Gasteiger partial charge in [-0.3, -0.25) is 4.79 Å². The van der Waals surface area contributed by atoms with E-state index in [0.29, 0.717) is 23.1 Å². The van der Waals surface area contributed by atoms with Crippen LogP contribution in [0.4, 0.5) is 0 Å². The summed E-state index contributed by atoms with van der Waals surface area (Å²) in [7, 11) is 0. The quantitative estimate of drug-likeness (QED) is 0.347. The first kappa shape index (κ1) is 16.8. The molecule has 0 unspecified atom stereocenters. The number of hydrazone groups is 1. The van der Waals surface area contributed by atoms with Crippen molar-refractivity contribution in [3.05, 3.63) is 42.2 Å². The summed E-state index contributed by atoms with van der Waals surface area (Å²) < 4.78 is 5.28. The molecule has 0 spiro atoms. The number of carbonyl (C=O) groups excluding carboxylic acids is 1. The lowest BCUT2D eigenvalue weighted by Gasteiger charge is -2.06. The Balaban J connectivity index is 1.84. The summed E-state index contributed by atoms with van der Waals surface area (Å²) in [5.74, 6) is 0.343. The van der Waals surface area contributed by atoms with Crippen LogP contribution in [0, 0.1) is 0 Å². The van der Waals surface area contributed by atoms with Gasteiger partial charge < -0.3 is 9.84 Å². The number of nitrogens with one attached hydrogen (secondary N) is 1. The first-order valence-electron chi connectivity index (χ1n) is 6.86. The number of hydrogen-bond donors (Lipinski definition) is 2. The number of carbonyl (C=O) groups is 1. The second-order valence-electron chi connectivity index (χ2n) is 4.27. The molecule has 1 heterocycles. The van der Waals surface area contributed by atoms with Crippen LogP contribution in [0.1, 0.15) is 12.5 Å². The topological polar surface area (TPSA) is 96.7 Å². The summed E-state index contributed by atoms with van der Waals surface area (Å²) in [6.45, 7) is 2.28. The molecular weight excluding hydrogens is 316 g/mol. The minimum Gasteiger partial charge on any atom is -0.504 e. The van der Waals surface area contributed by atoms with Crippen molar-refractivity contribution in [2.24, 2.45) is 5.10 Å². The number of aromatic hydroxyl groups is 1. The normalized spacial score (nSPS) is 10.7. The van der Waals surface area contributed by atoms with Gasteiger partial charge in [-0.1, -0.05) is 11.8 Å². The van der Waals surface area contributed by atoms with Crippen LogP contribution < -0.4 is 10.2 Å². The van der Waals surface area contributed by atoms with Gasteiger partial charge in [-0.15, -0.1) is 0 Å². The molecule has 1 amide bonds. The smallest absolute Gasteiger partial charge is 0.250 e. The number of benzene rings is 1. The largest absolute Gasteiger partial charge is 0.504 e. The zero-order valence-electron chi connectivity index (χ0n) is 12.5. The summed E-state index contributed by atoms with van der Waals surface area (Å²) in [6.07, 6.45) is 4.71. The predicted octanol–water partition coefficient (Wildman–Crippen LogP) is 1.82. The van der Waals surface area contributed by atoms with Gasteiger partial charge in [0, 0.05) is 12.4 Å². The van der Waals surface area contributed by atoms with E-state index in [-0.39, 0.29) is 17.4 Å². The maximum absolute atomic E-state index is 11.7. The van der Waals surface area contributed by atoms with Crippen LogP contribution in [0.3, 0.4) is 0 Å². The number of phenols is 1. The lowest BCUT2D eigenvalue weighted by atomic mass is 10.2. The van der Waals surface area contributed by atoms with Crippen LogP contribution in [-0.4, -0.2) is 39.6 Å². The number of phenolic OH excluding ortho intramolecular Hbond substituents is 1. The molecule has 2 aromatic rings. The molecule has 8 heteroatoms. The molecule has 7 nitrogen and oxygen atoms in total. The summed E-state index contributed by atoms with van der Waals surface area (Å²) in [4.78, 5) is 19.7. The van der Waals surface area contributed by atoms with Crippen LogP contribution in [0.2, 0.25) is 0 Å². The average molecular weight is 332 g/mol. The molecule has 2 rings (SSSR count). The first-order chi connectivity index (χ1) is 11.2. The fraction of sp³-hybridized carbons (Fsp3) is 0.200. The third-order valence-electron chi connectivity index (χ3n) is 2.56. The number of thioether (sulfide) groups is 1. The van der Waals surface area contributed by atoms with Gasteiger partial charge in [-0.2, -0.15) is 5.10 Å². The molecule has 0 aliphatic carbocycles. The first-order valence-corrected chi connectivity index (χ1v) is 7.85. The molecule has 0 aliphatic heterocycles. The van der Waals surface area contributed by atoms with E-state index in [2.05, 4.69) is 20.5 Å². The van der Waals surface area contributed by atoms with E-state index in [1.807, 2.05) is 6.92 Å². The number of nitrogens with zero attached hydrogens (tertiary/aromatic N) is 3. The predicted molar refractivity (Wildman–Crippen MR) is 87.8 cm³/mol. The Kier molecular flexibility index (Phi) is 6.37. The molecule has 0 bridgehead atoms. The van der Waals surface area contributed by atoms with Gasteiger partial charge in [0.15, 0.2) is 16.7 Å². The van der Waals surface area contributed by atoms with Crippen molar-refractivity contribution < 1.29 is 14.6 Å². The summed E-state index contributed by atoms with van der Waals surface area (Å²) in [5.41, 5.74) is 3.12. The Hall–Kier alpha value is -2.61. The van der Waals surface area contributed by atoms with Gasteiger partial charge in [0.25, 0.3) is 5.91 Å². The van der Waals surface area contributed by atoms with E-state index < -0.39 is 0 Å². The standard InChI is InChI=1S/C15H16N4O3S/c1-2-22-13-8-11(4-5-12(13)20)9-18-19-14(21)10-23-15-16-6-3-7-17-15/h3-9,20H,2,10H2,1H3,(H,19,21)/b18-9-. The summed E-state index contributed by atoms with van der Waals surface area (Å²) in [5, 5.41) is 14.0. The van der Waals surface area contributed by atoms with Crippen LogP contribution in [0.25, 0.3) is 0 Å². The van der Waals surface area contributed by atoms with Gasteiger partial charge in [0.2, 0.25) is 0 Å². The monoisotopic (exact) mass is 332 g/mol. The third kappa shape index (κ3) is 5.59. The van der Waals surface area contributed by atoms with Gasteiger partial charge in [-0.05, 0) is 36.8 Å². The highest BCUT2D eigenvalue weighted by molar-refractivity contribution is 7.99. The summed E-state index contributed by atoms with van der Waals surface area (Å²) >= 11 is 1.22. The molecule has 120 valence electrons. The second-order valence-corrected chi connectivity index (χ2v) is 5.22. The Bertz CT molecular complexity index is 680.